The number of carbonyl (C=O) groups is 1. The number of methoxy groups -OCH3 is 1. The van der Waals surface area contributed by atoms with Crippen LogP contribution in [0.4, 0.5) is 0 Å². The highest BCUT2D eigenvalue weighted by atomic mass is 16.5. The number of carbonyl (C=O) groups excluding carboxylic acids is 1. The Morgan fingerprint density at radius 3 is 2.65 bits per heavy atom. The Kier molecular flexibility index (Phi) is 5.36. The topological polar surface area (TPSA) is 67.6 Å². The number of nitrogens with two attached hydrogens (primary N) is 1. The monoisotopic (exact) mass is 243 g/mol. The van der Waals surface area contributed by atoms with Crippen LogP contribution in [0.2, 0.25) is 0 Å². The minimum atomic E-state index is -0.558. The van der Waals surface area contributed by atoms with Crippen molar-refractivity contribution in [1.82, 2.24) is 10.2 Å². The number of ether oxygens (including phenoxy) is 1. The normalized spacial score (nSPS) is 19.3. The van der Waals surface area contributed by atoms with E-state index in [0.717, 1.165) is 25.9 Å². The first-order chi connectivity index (χ1) is 8.06. The van der Waals surface area contributed by atoms with Crippen molar-refractivity contribution in [3.05, 3.63) is 0 Å². The van der Waals surface area contributed by atoms with Crippen molar-refractivity contribution in [2.24, 2.45) is 11.7 Å². The van der Waals surface area contributed by atoms with E-state index >= 15 is 0 Å². The Morgan fingerprint density at radius 1 is 1.59 bits per heavy atom. The Bertz CT molecular complexity index is 256. The largest absolute Gasteiger partial charge is 0.383 e. The molecule has 0 spiro atoms. The van der Waals surface area contributed by atoms with Crippen LogP contribution >= 0.6 is 0 Å². The van der Waals surface area contributed by atoms with Gasteiger partial charge in [-0.15, -0.1) is 0 Å². The van der Waals surface area contributed by atoms with Gasteiger partial charge in [0.2, 0.25) is 5.91 Å². The van der Waals surface area contributed by atoms with Crippen molar-refractivity contribution in [3.8, 4) is 0 Å². The van der Waals surface area contributed by atoms with Gasteiger partial charge in [-0.25, -0.2) is 0 Å². The molecule has 3 N–H and O–H groups in total. The fourth-order valence-corrected chi connectivity index (χ4v) is 2.34. The number of likely N-dealkylation sites (N-methyl/N-ethyl adjacent to an activating group) is 2. The minimum absolute atomic E-state index is 0.230. The van der Waals surface area contributed by atoms with E-state index in [9.17, 15) is 4.79 Å². The average Bonchev–Trinajstić information content (AvgIpc) is 3.09. The Hall–Kier alpha value is -0.650. The Balaban J connectivity index is 2.64. The molecular formula is C12H25N3O2. The van der Waals surface area contributed by atoms with Crippen LogP contribution in [0.5, 0.6) is 0 Å². The summed E-state index contributed by atoms with van der Waals surface area (Å²) in [6, 6.07) is 0. The van der Waals surface area contributed by atoms with Gasteiger partial charge in [-0.05, 0) is 32.4 Å². The Morgan fingerprint density at radius 2 is 2.24 bits per heavy atom. The fourth-order valence-electron chi connectivity index (χ4n) is 2.34. The number of primary amides is 1. The second-order valence-corrected chi connectivity index (χ2v) is 4.87. The predicted molar refractivity (Wildman–Crippen MR) is 67.7 cm³/mol. The van der Waals surface area contributed by atoms with E-state index in [1.54, 1.807) is 7.11 Å². The van der Waals surface area contributed by atoms with Gasteiger partial charge in [0.15, 0.2) is 0 Å². The maximum atomic E-state index is 11.8. The molecule has 0 bridgehead atoms. The predicted octanol–water partition coefficient (Wildman–Crippen LogP) is -0.192. The molecule has 0 heterocycles. The molecule has 1 aliphatic rings. The highest BCUT2D eigenvalue weighted by molar-refractivity contribution is 5.86. The van der Waals surface area contributed by atoms with Gasteiger partial charge >= 0.3 is 0 Å². The second-order valence-electron chi connectivity index (χ2n) is 4.87. The molecule has 0 aromatic heterocycles. The van der Waals surface area contributed by atoms with Gasteiger partial charge in [0, 0.05) is 20.2 Å². The van der Waals surface area contributed by atoms with Crippen LogP contribution in [0, 0.1) is 5.92 Å². The lowest BCUT2D eigenvalue weighted by molar-refractivity contribution is -0.126. The quantitative estimate of drug-likeness (QED) is 0.589. The molecule has 1 fully saturated rings. The molecule has 0 radical (unpaired) electrons. The lowest BCUT2D eigenvalue weighted by atomic mass is 9.91. The van der Waals surface area contributed by atoms with Crippen LogP contribution in [0.1, 0.15) is 19.8 Å². The molecule has 0 aliphatic heterocycles. The third kappa shape index (κ3) is 3.66. The first-order valence-electron chi connectivity index (χ1n) is 6.29. The van der Waals surface area contributed by atoms with Crippen LogP contribution in [0.3, 0.4) is 0 Å². The molecule has 100 valence electrons. The van der Waals surface area contributed by atoms with Crippen LogP contribution < -0.4 is 11.1 Å². The van der Waals surface area contributed by atoms with Gasteiger partial charge in [0.05, 0.1) is 6.61 Å². The maximum Gasteiger partial charge on any atom is 0.239 e. The summed E-state index contributed by atoms with van der Waals surface area (Å²) in [5, 5.41) is 3.31. The fraction of sp³-hybridized carbons (Fsp3) is 0.917. The van der Waals surface area contributed by atoms with Gasteiger partial charge in [-0.1, -0.05) is 6.92 Å². The summed E-state index contributed by atoms with van der Waals surface area (Å²) in [6.07, 6.45) is 2.18. The van der Waals surface area contributed by atoms with E-state index in [-0.39, 0.29) is 5.91 Å². The van der Waals surface area contributed by atoms with E-state index in [4.69, 9.17) is 10.5 Å². The molecular weight excluding hydrogens is 218 g/mol. The van der Waals surface area contributed by atoms with Gasteiger partial charge < -0.3 is 20.7 Å². The average molecular weight is 243 g/mol. The molecule has 5 heteroatoms. The zero-order chi connectivity index (χ0) is 12.9. The molecule has 1 amide bonds. The molecule has 1 aliphatic carbocycles. The van der Waals surface area contributed by atoms with Crippen LogP contribution in [0.25, 0.3) is 0 Å². The zero-order valence-corrected chi connectivity index (χ0v) is 11.2. The third-order valence-corrected chi connectivity index (χ3v) is 3.40. The second kappa shape index (κ2) is 6.33. The van der Waals surface area contributed by atoms with E-state index in [0.29, 0.717) is 19.1 Å². The van der Waals surface area contributed by atoms with Crippen LogP contribution in [0.15, 0.2) is 0 Å². The number of nitrogens with zero attached hydrogens (tertiary/aromatic N) is 1. The van der Waals surface area contributed by atoms with E-state index in [1.807, 2.05) is 14.0 Å². The van der Waals surface area contributed by atoms with Crippen LogP contribution in [-0.2, 0) is 9.53 Å². The van der Waals surface area contributed by atoms with Gasteiger partial charge in [0.1, 0.15) is 5.54 Å². The highest BCUT2D eigenvalue weighted by Crippen LogP contribution is 2.40. The van der Waals surface area contributed by atoms with Crippen molar-refractivity contribution in [2.45, 2.75) is 25.3 Å². The van der Waals surface area contributed by atoms with Crippen molar-refractivity contribution >= 4 is 5.91 Å². The van der Waals surface area contributed by atoms with E-state index in [1.165, 1.54) is 0 Å². The van der Waals surface area contributed by atoms with Gasteiger partial charge in [-0.2, -0.15) is 0 Å². The summed E-state index contributed by atoms with van der Waals surface area (Å²) in [5.41, 5.74) is 5.06. The molecule has 1 saturated carbocycles. The van der Waals surface area contributed by atoms with Crippen molar-refractivity contribution < 1.29 is 9.53 Å². The molecule has 1 unspecified atom stereocenters. The third-order valence-electron chi connectivity index (χ3n) is 3.40. The van der Waals surface area contributed by atoms with Gasteiger partial charge in [-0.3, -0.25) is 4.79 Å². The van der Waals surface area contributed by atoms with Crippen molar-refractivity contribution in [2.75, 3.05) is 40.4 Å². The molecule has 0 aromatic rings. The summed E-state index contributed by atoms with van der Waals surface area (Å²) in [5.74, 6) is 0.163. The summed E-state index contributed by atoms with van der Waals surface area (Å²) in [7, 11) is 3.68. The molecule has 1 rings (SSSR count). The summed E-state index contributed by atoms with van der Waals surface area (Å²) >= 11 is 0. The zero-order valence-electron chi connectivity index (χ0n) is 11.2. The molecule has 1 atom stereocenters. The lowest BCUT2D eigenvalue weighted by Crippen LogP contribution is -2.63. The van der Waals surface area contributed by atoms with Crippen molar-refractivity contribution in [1.29, 1.82) is 0 Å². The first kappa shape index (κ1) is 14.4. The molecule has 0 aromatic carbocycles. The van der Waals surface area contributed by atoms with E-state index in [2.05, 4.69) is 10.2 Å². The first-order valence-corrected chi connectivity index (χ1v) is 6.29. The standard InChI is InChI=1S/C12H25N3O2/c1-4-14-12(11(13)16,10-5-6-10)9-15(2)7-8-17-3/h10,14H,4-9H2,1-3H3,(H2,13,16). The van der Waals surface area contributed by atoms with E-state index < -0.39 is 5.54 Å². The number of hydrogen-bond acceptors (Lipinski definition) is 4. The van der Waals surface area contributed by atoms with Crippen LogP contribution in [-0.4, -0.2) is 56.7 Å². The molecule has 0 saturated heterocycles. The number of hydrogen-bond donors (Lipinski definition) is 2. The smallest absolute Gasteiger partial charge is 0.239 e. The van der Waals surface area contributed by atoms with Gasteiger partial charge in [0.25, 0.3) is 0 Å². The molecule has 5 nitrogen and oxygen atoms in total. The SMILES string of the molecule is CCNC(CN(C)CCOC)(C(N)=O)C1CC1. The lowest BCUT2D eigenvalue weighted by Gasteiger charge is -2.35. The summed E-state index contributed by atoms with van der Waals surface area (Å²) in [6.45, 7) is 4.91. The number of rotatable bonds is 9. The summed E-state index contributed by atoms with van der Waals surface area (Å²) in [4.78, 5) is 13.9. The maximum absolute atomic E-state index is 11.8. The molecule has 17 heavy (non-hydrogen) atoms. The van der Waals surface area contributed by atoms with Crippen molar-refractivity contribution in [3.63, 3.8) is 0 Å². The number of nitrogens with one attached hydrogen (secondary N) is 1. The minimum Gasteiger partial charge on any atom is -0.383 e. The summed E-state index contributed by atoms with van der Waals surface area (Å²) < 4.78 is 5.05. The highest BCUT2D eigenvalue weighted by Gasteiger charge is 2.49. The number of amides is 1. The Labute approximate surface area is 104 Å².